The Labute approximate surface area is 110 Å². The van der Waals surface area contributed by atoms with E-state index in [-0.39, 0.29) is 24.2 Å². The number of fused-ring (bicyclic) bond motifs is 1. The van der Waals surface area contributed by atoms with Gasteiger partial charge in [0.25, 0.3) is 11.8 Å². The molecule has 1 aromatic heterocycles. The summed E-state index contributed by atoms with van der Waals surface area (Å²) in [7, 11) is 1.92. The van der Waals surface area contributed by atoms with Crippen molar-refractivity contribution in [3.05, 3.63) is 42.1 Å². The van der Waals surface area contributed by atoms with E-state index in [2.05, 4.69) is 5.32 Å². The van der Waals surface area contributed by atoms with Gasteiger partial charge in [-0.1, -0.05) is 18.2 Å². The quantitative estimate of drug-likeness (QED) is 0.795. The summed E-state index contributed by atoms with van der Waals surface area (Å²) in [4.78, 5) is 22.8. The second-order valence-electron chi connectivity index (χ2n) is 4.05. The highest BCUT2D eigenvalue weighted by Crippen LogP contribution is 2.28. The predicted molar refractivity (Wildman–Crippen MR) is 71.3 cm³/mol. The number of rotatable bonds is 1. The van der Waals surface area contributed by atoms with E-state index in [4.69, 9.17) is 0 Å². The maximum atomic E-state index is 11.6. The largest absolute Gasteiger partial charge is 0.350 e. The lowest BCUT2D eigenvalue weighted by Crippen LogP contribution is -2.21. The number of nitrogens with one attached hydrogen (secondary N) is 1. The van der Waals surface area contributed by atoms with Crippen LogP contribution in [0, 0.1) is 0 Å². The number of benzene rings is 1. The summed E-state index contributed by atoms with van der Waals surface area (Å²) in [6.07, 6.45) is 3.22. The van der Waals surface area contributed by atoms with Gasteiger partial charge in [0.2, 0.25) is 0 Å². The summed E-state index contributed by atoms with van der Waals surface area (Å²) in [5.41, 5.74) is 2.27. The maximum Gasteiger partial charge on any atom is 0.258 e. The van der Waals surface area contributed by atoms with Crippen molar-refractivity contribution in [3.8, 4) is 0 Å². The fourth-order valence-electron chi connectivity index (χ4n) is 2.17. The molecule has 1 aromatic carbocycles. The van der Waals surface area contributed by atoms with Gasteiger partial charge in [-0.2, -0.15) is 0 Å². The average molecular weight is 263 g/mol. The number of carbonyl (C=O) groups excluding carboxylic acids is 2. The van der Waals surface area contributed by atoms with Gasteiger partial charge in [0, 0.05) is 35.8 Å². The van der Waals surface area contributed by atoms with Gasteiger partial charge in [-0.3, -0.25) is 14.9 Å². The molecule has 1 aliphatic rings. The molecule has 2 amide bonds. The fourth-order valence-corrected chi connectivity index (χ4v) is 2.17. The number of amides is 2. The molecule has 1 N–H and O–H groups in total. The van der Waals surface area contributed by atoms with Crippen molar-refractivity contribution in [2.24, 2.45) is 7.05 Å². The summed E-state index contributed by atoms with van der Waals surface area (Å²) in [5.74, 6) is -0.677. The molecular formula is C13H11ClN2O2. The van der Waals surface area contributed by atoms with Gasteiger partial charge >= 0.3 is 0 Å². The van der Waals surface area contributed by atoms with Gasteiger partial charge in [-0.25, -0.2) is 0 Å². The molecule has 0 aliphatic carbocycles. The van der Waals surface area contributed by atoms with Gasteiger partial charge in [-0.15, -0.1) is 12.4 Å². The van der Waals surface area contributed by atoms with Gasteiger partial charge in [0.15, 0.2) is 0 Å². The number of aromatic nitrogens is 1. The highest BCUT2D eigenvalue weighted by atomic mass is 35.5. The fraction of sp³-hybridized carbons (Fsp3) is 0.0769. The number of hydrogen-bond donors (Lipinski definition) is 1. The normalized spacial score (nSPS) is 14.4. The highest BCUT2D eigenvalue weighted by molar-refractivity contribution is 6.35. The van der Waals surface area contributed by atoms with Crippen LogP contribution in [0.25, 0.3) is 16.5 Å². The molecule has 2 heterocycles. The predicted octanol–water partition coefficient (Wildman–Crippen LogP) is 1.64. The Morgan fingerprint density at radius 1 is 1.17 bits per heavy atom. The van der Waals surface area contributed by atoms with E-state index in [1.807, 2.05) is 42.1 Å². The summed E-state index contributed by atoms with van der Waals surface area (Å²) in [6, 6.07) is 7.79. The Hall–Kier alpha value is -2.07. The number of hydrogen-bond acceptors (Lipinski definition) is 2. The Balaban J connectivity index is 0.00000120. The molecule has 3 rings (SSSR count). The van der Waals surface area contributed by atoms with E-state index in [9.17, 15) is 9.59 Å². The van der Waals surface area contributed by atoms with Crippen molar-refractivity contribution in [2.75, 3.05) is 0 Å². The van der Waals surface area contributed by atoms with E-state index < -0.39 is 0 Å². The minimum atomic E-state index is -0.349. The Morgan fingerprint density at radius 2 is 1.89 bits per heavy atom. The number of aryl methyl sites for hydroxylation is 1. The molecule has 0 bridgehead atoms. The zero-order valence-electron chi connectivity index (χ0n) is 9.64. The van der Waals surface area contributed by atoms with Gasteiger partial charge in [0.05, 0.1) is 5.57 Å². The monoisotopic (exact) mass is 262 g/mol. The summed E-state index contributed by atoms with van der Waals surface area (Å²) >= 11 is 0. The van der Waals surface area contributed by atoms with Crippen molar-refractivity contribution >= 4 is 40.7 Å². The van der Waals surface area contributed by atoms with Gasteiger partial charge < -0.3 is 4.57 Å². The molecule has 0 spiro atoms. The van der Waals surface area contributed by atoms with Crippen molar-refractivity contribution in [1.29, 1.82) is 0 Å². The topological polar surface area (TPSA) is 51.1 Å². The number of para-hydroxylation sites is 1. The van der Waals surface area contributed by atoms with E-state index in [1.165, 1.54) is 6.08 Å². The van der Waals surface area contributed by atoms with Crippen LogP contribution in [0.15, 0.2) is 36.5 Å². The maximum absolute atomic E-state index is 11.6. The first-order valence-electron chi connectivity index (χ1n) is 5.28. The molecule has 0 atom stereocenters. The van der Waals surface area contributed by atoms with Crippen LogP contribution in [0.4, 0.5) is 0 Å². The van der Waals surface area contributed by atoms with Crippen LogP contribution >= 0.6 is 12.4 Å². The van der Waals surface area contributed by atoms with Crippen LogP contribution in [0.2, 0.25) is 0 Å². The molecule has 18 heavy (non-hydrogen) atoms. The molecule has 0 fully saturated rings. The summed E-state index contributed by atoms with van der Waals surface area (Å²) in [6.45, 7) is 0. The molecule has 92 valence electrons. The molecule has 0 saturated carbocycles. The number of nitrogens with zero attached hydrogens (tertiary/aromatic N) is 1. The van der Waals surface area contributed by atoms with Crippen molar-refractivity contribution in [2.45, 2.75) is 0 Å². The van der Waals surface area contributed by atoms with E-state index >= 15 is 0 Å². The molecule has 5 heteroatoms. The Kier molecular flexibility index (Phi) is 2.97. The number of imide groups is 1. The van der Waals surface area contributed by atoms with Crippen LogP contribution in [0.5, 0.6) is 0 Å². The third-order valence-corrected chi connectivity index (χ3v) is 2.94. The lowest BCUT2D eigenvalue weighted by molar-refractivity contribution is -0.123. The van der Waals surface area contributed by atoms with Crippen molar-refractivity contribution in [1.82, 2.24) is 9.88 Å². The van der Waals surface area contributed by atoms with Crippen molar-refractivity contribution in [3.63, 3.8) is 0 Å². The molecule has 2 aromatic rings. The lowest BCUT2D eigenvalue weighted by atomic mass is 10.1. The minimum absolute atomic E-state index is 0. The zero-order valence-corrected chi connectivity index (χ0v) is 10.5. The third kappa shape index (κ3) is 1.71. The lowest BCUT2D eigenvalue weighted by Gasteiger charge is -1.97. The molecule has 1 aliphatic heterocycles. The summed E-state index contributed by atoms with van der Waals surface area (Å²) in [5, 5.41) is 3.24. The molecular weight excluding hydrogens is 252 g/mol. The van der Waals surface area contributed by atoms with Gasteiger partial charge in [-0.05, 0) is 6.07 Å². The van der Waals surface area contributed by atoms with Crippen LogP contribution in [-0.4, -0.2) is 16.4 Å². The first-order valence-corrected chi connectivity index (χ1v) is 5.28. The van der Waals surface area contributed by atoms with Crippen LogP contribution < -0.4 is 5.32 Å². The number of halogens is 1. The second kappa shape index (κ2) is 4.31. The highest BCUT2D eigenvalue weighted by Gasteiger charge is 2.24. The zero-order chi connectivity index (χ0) is 12.0. The minimum Gasteiger partial charge on any atom is -0.350 e. The first-order chi connectivity index (χ1) is 8.16. The third-order valence-electron chi connectivity index (χ3n) is 2.94. The first kappa shape index (κ1) is 12.4. The van der Waals surface area contributed by atoms with E-state index in [0.717, 1.165) is 16.5 Å². The van der Waals surface area contributed by atoms with Crippen LogP contribution in [-0.2, 0) is 16.6 Å². The SMILES string of the molecule is Cl.Cn1cc(C2=CC(=O)NC2=O)c2ccccc21. The Bertz CT molecular complexity index is 685. The van der Waals surface area contributed by atoms with Crippen LogP contribution in [0.3, 0.4) is 0 Å². The summed E-state index contributed by atoms with van der Waals surface area (Å²) < 4.78 is 1.95. The standard InChI is InChI=1S/C13H10N2O2.ClH/c1-15-7-10(8-4-2-3-5-11(8)15)9-6-12(16)14-13(9)17;/h2-7H,1H3,(H,14,16,17);1H. The molecule has 0 radical (unpaired) electrons. The van der Waals surface area contributed by atoms with Crippen LogP contribution in [0.1, 0.15) is 5.56 Å². The van der Waals surface area contributed by atoms with Crippen molar-refractivity contribution < 1.29 is 9.59 Å². The number of carbonyl (C=O) groups is 2. The molecule has 4 nitrogen and oxygen atoms in total. The second-order valence-corrected chi connectivity index (χ2v) is 4.05. The molecule has 0 unspecified atom stereocenters. The van der Waals surface area contributed by atoms with E-state index in [0.29, 0.717) is 5.57 Å². The van der Waals surface area contributed by atoms with E-state index in [1.54, 1.807) is 0 Å². The molecule has 0 saturated heterocycles. The average Bonchev–Trinajstić information content (AvgIpc) is 2.80. The smallest absolute Gasteiger partial charge is 0.258 e. The Morgan fingerprint density at radius 3 is 2.56 bits per heavy atom. The van der Waals surface area contributed by atoms with Gasteiger partial charge in [0.1, 0.15) is 0 Å².